The molecule has 0 aliphatic heterocycles. The quantitative estimate of drug-likeness (QED) is 0.405. The molecule has 1 aromatic heterocycles. The van der Waals surface area contributed by atoms with Crippen molar-refractivity contribution in [2.45, 2.75) is 25.2 Å². The van der Waals surface area contributed by atoms with Crippen molar-refractivity contribution in [1.29, 1.82) is 5.26 Å². The number of alkyl halides is 3. The number of fused-ring (bicyclic) bond motifs is 1. The monoisotopic (exact) mass is 463 g/mol. The number of carbonyl (C=O) groups is 1. The largest absolute Gasteiger partial charge is 0.417 e. The zero-order chi connectivity index (χ0) is 24.5. The summed E-state index contributed by atoms with van der Waals surface area (Å²) in [5, 5.41) is 23.1. The highest BCUT2D eigenvalue weighted by molar-refractivity contribution is 5.98. The van der Waals surface area contributed by atoms with E-state index in [1.165, 1.54) is 19.1 Å². The molecule has 0 saturated carbocycles. The fraction of sp³-hybridized carbons (Fsp3) is 0.154. The number of nitriles is 1. The standard InChI is InChI=1S/C26H20F3N3O2/c1-25(34,24(33)31-19-11-10-18(15-30)22(14-19)26(27,28)29)16-32-13-12-21-20(8-5-9-23(21)32)17-6-3-2-4-7-17/h2-14,34H,16H2,1H3,(H,31,33)/t25-/m0/s1. The van der Waals surface area contributed by atoms with Crippen molar-refractivity contribution >= 4 is 22.5 Å². The molecule has 4 aromatic rings. The van der Waals surface area contributed by atoms with E-state index in [2.05, 4.69) is 5.32 Å². The van der Waals surface area contributed by atoms with Crippen LogP contribution in [-0.2, 0) is 17.5 Å². The van der Waals surface area contributed by atoms with Gasteiger partial charge in [-0.2, -0.15) is 18.4 Å². The van der Waals surface area contributed by atoms with Crippen LogP contribution in [0.15, 0.2) is 79.0 Å². The van der Waals surface area contributed by atoms with Gasteiger partial charge in [-0.05, 0) is 48.4 Å². The van der Waals surface area contributed by atoms with Crippen LogP contribution in [0, 0.1) is 11.3 Å². The lowest BCUT2D eigenvalue weighted by Crippen LogP contribution is -2.43. The molecule has 3 aromatic carbocycles. The Morgan fingerprint density at radius 2 is 1.79 bits per heavy atom. The Bertz CT molecular complexity index is 1400. The lowest BCUT2D eigenvalue weighted by molar-refractivity contribution is -0.138. The predicted octanol–water partition coefficient (Wildman–Crippen LogP) is 5.59. The van der Waals surface area contributed by atoms with Crippen molar-refractivity contribution in [3.63, 3.8) is 0 Å². The second-order valence-corrected chi connectivity index (χ2v) is 8.15. The van der Waals surface area contributed by atoms with E-state index in [0.717, 1.165) is 28.1 Å². The number of nitrogens with one attached hydrogen (secondary N) is 1. The number of nitrogens with zero attached hydrogens (tertiary/aromatic N) is 2. The third kappa shape index (κ3) is 4.51. The maximum atomic E-state index is 13.2. The van der Waals surface area contributed by atoms with Gasteiger partial charge >= 0.3 is 6.18 Å². The molecule has 8 heteroatoms. The second-order valence-electron chi connectivity index (χ2n) is 8.15. The second kappa shape index (κ2) is 8.69. The Labute approximate surface area is 193 Å². The summed E-state index contributed by atoms with van der Waals surface area (Å²) < 4.78 is 41.4. The number of halogens is 3. The summed E-state index contributed by atoms with van der Waals surface area (Å²) in [6.45, 7) is 1.17. The zero-order valence-corrected chi connectivity index (χ0v) is 18.1. The molecule has 1 atom stereocenters. The van der Waals surface area contributed by atoms with Crippen molar-refractivity contribution in [2.75, 3.05) is 5.32 Å². The fourth-order valence-electron chi connectivity index (χ4n) is 3.85. The Morgan fingerprint density at radius 1 is 1.06 bits per heavy atom. The van der Waals surface area contributed by atoms with E-state index in [1.807, 2.05) is 54.6 Å². The number of aliphatic hydroxyl groups is 1. The lowest BCUT2D eigenvalue weighted by atomic mass is 10.0. The van der Waals surface area contributed by atoms with E-state index in [4.69, 9.17) is 5.26 Å². The minimum absolute atomic E-state index is 0.122. The third-order valence-corrected chi connectivity index (χ3v) is 5.57. The number of carbonyl (C=O) groups excluding carboxylic acids is 1. The van der Waals surface area contributed by atoms with Crippen LogP contribution in [0.1, 0.15) is 18.1 Å². The van der Waals surface area contributed by atoms with E-state index >= 15 is 0 Å². The Morgan fingerprint density at radius 3 is 2.47 bits per heavy atom. The highest BCUT2D eigenvalue weighted by Gasteiger charge is 2.35. The molecule has 0 bridgehead atoms. The van der Waals surface area contributed by atoms with E-state index in [9.17, 15) is 23.1 Å². The number of benzene rings is 3. The molecule has 0 radical (unpaired) electrons. The van der Waals surface area contributed by atoms with Gasteiger partial charge in [-0.15, -0.1) is 0 Å². The van der Waals surface area contributed by atoms with Gasteiger partial charge in [-0.25, -0.2) is 0 Å². The van der Waals surface area contributed by atoms with Gasteiger partial charge in [0.05, 0.1) is 23.7 Å². The Kier molecular flexibility index (Phi) is 5.90. The van der Waals surface area contributed by atoms with E-state index in [1.54, 1.807) is 10.8 Å². The number of hydrogen-bond donors (Lipinski definition) is 2. The first-order chi connectivity index (χ1) is 16.1. The van der Waals surface area contributed by atoms with Crippen LogP contribution in [0.2, 0.25) is 0 Å². The summed E-state index contributed by atoms with van der Waals surface area (Å²) in [4.78, 5) is 12.8. The molecule has 1 heterocycles. The number of hydrogen-bond acceptors (Lipinski definition) is 3. The van der Waals surface area contributed by atoms with Gasteiger partial charge in [-0.3, -0.25) is 4.79 Å². The summed E-state index contributed by atoms with van der Waals surface area (Å²) in [6, 6.07) is 21.8. The van der Waals surface area contributed by atoms with Crippen molar-refractivity contribution in [3.8, 4) is 17.2 Å². The normalized spacial score (nSPS) is 13.3. The minimum Gasteiger partial charge on any atom is -0.378 e. The number of rotatable bonds is 5. The maximum Gasteiger partial charge on any atom is 0.417 e. The molecular formula is C26H20F3N3O2. The van der Waals surface area contributed by atoms with E-state index in [0.29, 0.717) is 6.07 Å². The lowest BCUT2D eigenvalue weighted by Gasteiger charge is -2.24. The molecule has 5 nitrogen and oxygen atoms in total. The topological polar surface area (TPSA) is 78.1 Å². The first-order valence-corrected chi connectivity index (χ1v) is 10.4. The average Bonchev–Trinajstić information content (AvgIpc) is 3.21. The maximum absolute atomic E-state index is 13.2. The molecule has 0 spiro atoms. The summed E-state index contributed by atoms with van der Waals surface area (Å²) in [5.41, 5.74) is -0.981. The summed E-state index contributed by atoms with van der Waals surface area (Å²) in [6.07, 6.45) is -3.00. The van der Waals surface area contributed by atoms with Gasteiger partial charge < -0.3 is 15.0 Å². The summed E-state index contributed by atoms with van der Waals surface area (Å²) in [5.74, 6) is -0.869. The first kappa shape index (κ1) is 23.1. The number of anilines is 1. The number of amides is 1. The molecule has 1 amide bonds. The van der Waals surface area contributed by atoms with Crippen LogP contribution >= 0.6 is 0 Å². The molecule has 0 saturated heterocycles. The summed E-state index contributed by atoms with van der Waals surface area (Å²) in [7, 11) is 0. The molecule has 4 rings (SSSR count). The Balaban J connectivity index is 1.59. The molecule has 2 N–H and O–H groups in total. The van der Waals surface area contributed by atoms with Crippen LogP contribution < -0.4 is 5.32 Å². The third-order valence-electron chi connectivity index (χ3n) is 5.57. The SMILES string of the molecule is C[C@](O)(Cn1ccc2c(-c3ccccc3)cccc21)C(=O)Nc1ccc(C#N)c(C(F)(F)F)c1. The van der Waals surface area contributed by atoms with Crippen LogP contribution in [0.25, 0.3) is 22.0 Å². The molecular weight excluding hydrogens is 443 g/mol. The molecule has 0 aliphatic rings. The molecule has 172 valence electrons. The van der Waals surface area contributed by atoms with Crippen LogP contribution in [0.3, 0.4) is 0 Å². The van der Waals surface area contributed by atoms with Crippen LogP contribution in [0.5, 0.6) is 0 Å². The van der Waals surface area contributed by atoms with Crippen LogP contribution in [0.4, 0.5) is 18.9 Å². The highest BCUT2D eigenvalue weighted by Crippen LogP contribution is 2.34. The van der Waals surface area contributed by atoms with Gasteiger partial charge in [0, 0.05) is 22.8 Å². The van der Waals surface area contributed by atoms with Gasteiger partial charge in [-0.1, -0.05) is 42.5 Å². The average molecular weight is 463 g/mol. The Hall–Kier alpha value is -4.09. The van der Waals surface area contributed by atoms with E-state index < -0.39 is 28.8 Å². The molecule has 0 unspecified atom stereocenters. The van der Waals surface area contributed by atoms with Crippen molar-refractivity contribution in [1.82, 2.24) is 4.57 Å². The van der Waals surface area contributed by atoms with Crippen LogP contribution in [-0.4, -0.2) is 21.2 Å². The predicted molar refractivity (Wildman–Crippen MR) is 123 cm³/mol. The molecule has 34 heavy (non-hydrogen) atoms. The van der Waals surface area contributed by atoms with E-state index in [-0.39, 0.29) is 12.2 Å². The van der Waals surface area contributed by atoms with Gasteiger partial charge in [0.2, 0.25) is 0 Å². The first-order valence-electron chi connectivity index (χ1n) is 10.4. The minimum atomic E-state index is -4.76. The van der Waals surface area contributed by atoms with Gasteiger partial charge in [0.1, 0.15) is 0 Å². The number of aromatic nitrogens is 1. The molecule has 0 fully saturated rings. The summed E-state index contributed by atoms with van der Waals surface area (Å²) >= 11 is 0. The van der Waals surface area contributed by atoms with Crippen molar-refractivity contribution in [2.24, 2.45) is 0 Å². The van der Waals surface area contributed by atoms with Crippen molar-refractivity contribution < 1.29 is 23.1 Å². The smallest absolute Gasteiger partial charge is 0.378 e. The molecule has 0 aliphatic carbocycles. The zero-order valence-electron chi connectivity index (χ0n) is 18.1. The van der Waals surface area contributed by atoms with Gasteiger partial charge in [0.25, 0.3) is 5.91 Å². The van der Waals surface area contributed by atoms with Crippen molar-refractivity contribution in [3.05, 3.63) is 90.1 Å². The fourth-order valence-corrected chi connectivity index (χ4v) is 3.85. The highest BCUT2D eigenvalue weighted by atomic mass is 19.4. The van der Waals surface area contributed by atoms with Gasteiger partial charge in [0.15, 0.2) is 5.60 Å².